The summed E-state index contributed by atoms with van der Waals surface area (Å²) in [4.78, 5) is 4.07. The molecule has 1 aliphatic rings. The minimum atomic E-state index is -0.820. The molecule has 0 bridgehead atoms. The van der Waals surface area contributed by atoms with Crippen molar-refractivity contribution in [3.05, 3.63) is 95.3 Å². The van der Waals surface area contributed by atoms with Gasteiger partial charge < -0.3 is 0 Å². The molecule has 4 heteroatoms. The number of fused-ring (bicyclic) bond motifs is 1. The fourth-order valence-electron chi connectivity index (χ4n) is 3.21. The molecular formula is C21H16ClF2N. The Kier molecular flexibility index (Phi) is 4.95. The number of hydrogen-bond acceptors (Lipinski definition) is 1. The lowest BCUT2D eigenvalue weighted by Crippen LogP contribution is -2.01. The van der Waals surface area contributed by atoms with E-state index >= 15 is 0 Å². The number of aromatic nitrogens is 1. The van der Waals surface area contributed by atoms with Crippen LogP contribution in [0.15, 0.2) is 67.0 Å². The fourth-order valence-corrected chi connectivity index (χ4v) is 3.21. The maximum atomic E-state index is 13.5. The van der Waals surface area contributed by atoms with Gasteiger partial charge in [0.05, 0.1) is 0 Å². The molecule has 0 unspecified atom stereocenters. The number of nitrogens with zero attached hydrogens (tertiary/aromatic N) is 1. The monoisotopic (exact) mass is 355 g/mol. The summed E-state index contributed by atoms with van der Waals surface area (Å²) >= 11 is 0. The zero-order valence-electron chi connectivity index (χ0n) is 13.4. The van der Waals surface area contributed by atoms with Gasteiger partial charge in [-0.05, 0) is 70.5 Å². The lowest BCUT2D eigenvalue weighted by atomic mass is 9.85. The first kappa shape index (κ1) is 17.3. The standard InChI is InChI=1S/C21H15F2N.ClH/c22-20-7-5-16(13-21(20)23)15-4-6-19-17(12-15)2-1-3-18(19)14-8-10-24-11-9-14;/h3-13H,1-2H2;1H. The van der Waals surface area contributed by atoms with Gasteiger partial charge in [0.25, 0.3) is 0 Å². The van der Waals surface area contributed by atoms with Crippen LogP contribution in [0.25, 0.3) is 16.7 Å². The van der Waals surface area contributed by atoms with E-state index in [0.717, 1.165) is 24.0 Å². The van der Waals surface area contributed by atoms with E-state index in [1.165, 1.54) is 28.8 Å². The van der Waals surface area contributed by atoms with Crippen molar-refractivity contribution in [1.29, 1.82) is 0 Å². The molecule has 4 rings (SSSR count). The summed E-state index contributed by atoms with van der Waals surface area (Å²) in [6, 6.07) is 14.2. The van der Waals surface area contributed by atoms with E-state index in [2.05, 4.69) is 23.2 Å². The molecule has 1 heterocycles. The molecule has 1 aliphatic carbocycles. The van der Waals surface area contributed by atoms with Crippen molar-refractivity contribution < 1.29 is 8.78 Å². The van der Waals surface area contributed by atoms with E-state index in [-0.39, 0.29) is 12.4 Å². The number of benzene rings is 2. The van der Waals surface area contributed by atoms with Crippen molar-refractivity contribution in [2.75, 3.05) is 0 Å². The van der Waals surface area contributed by atoms with Crippen LogP contribution in [0, 0.1) is 11.6 Å². The van der Waals surface area contributed by atoms with Crippen molar-refractivity contribution in [3.63, 3.8) is 0 Å². The van der Waals surface area contributed by atoms with Gasteiger partial charge in [-0.25, -0.2) is 8.78 Å². The van der Waals surface area contributed by atoms with Crippen LogP contribution in [0.1, 0.15) is 23.1 Å². The van der Waals surface area contributed by atoms with E-state index in [4.69, 9.17) is 0 Å². The van der Waals surface area contributed by atoms with Crippen LogP contribution in [0.4, 0.5) is 8.78 Å². The summed E-state index contributed by atoms with van der Waals surface area (Å²) in [5.41, 5.74) is 6.37. The second kappa shape index (κ2) is 7.16. The van der Waals surface area contributed by atoms with E-state index in [9.17, 15) is 8.78 Å². The Bertz CT molecular complexity index is 936. The van der Waals surface area contributed by atoms with Gasteiger partial charge in [-0.1, -0.05) is 30.3 Å². The molecule has 0 saturated heterocycles. The minimum Gasteiger partial charge on any atom is -0.265 e. The van der Waals surface area contributed by atoms with Gasteiger partial charge in [0.1, 0.15) is 0 Å². The Morgan fingerprint density at radius 2 is 1.48 bits per heavy atom. The highest BCUT2D eigenvalue weighted by molar-refractivity contribution is 5.85. The van der Waals surface area contributed by atoms with Gasteiger partial charge in [0.2, 0.25) is 0 Å². The second-order valence-electron chi connectivity index (χ2n) is 5.89. The van der Waals surface area contributed by atoms with E-state index in [0.29, 0.717) is 5.56 Å². The first-order valence-electron chi connectivity index (χ1n) is 7.91. The predicted octanol–water partition coefficient (Wildman–Crippen LogP) is 5.83. The molecule has 1 aromatic heterocycles. The molecule has 0 saturated carbocycles. The van der Waals surface area contributed by atoms with Crippen molar-refractivity contribution in [2.24, 2.45) is 0 Å². The highest BCUT2D eigenvalue weighted by Crippen LogP contribution is 2.34. The largest absolute Gasteiger partial charge is 0.265 e. The predicted molar refractivity (Wildman–Crippen MR) is 98.7 cm³/mol. The molecule has 0 N–H and O–H groups in total. The summed E-state index contributed by atoms with van der Waals surface area (Å²) < 4.78 is 26.6. The van der Waals surface area contributed by atoms with Crippen molar-refractivity contribution in [2.45, 2.75) is 12.8 Å². The molecule has 0 atom stereocenters. The molecule has 0 fully saturated rings. The van der Waals surface area contributed by atoms with Gasteiger partial charge in [-0.15, -0.1) is 12.4 Å². The van der Waals surface area contributed by atoms with E-state index < -0.39 is 11.6 Å². The third-order valence-electron chi connectivity index (χ3n) is 4.40. The van der Waals surface area contributed by atoms with Crippen LogP contribution in [-0.2, 0) is 6.42 Å². The molecule has 1 nitrogen and oxygen atoms in total. The average molecular weight is 356 g/mol. The van der Waals surface area contributed by atoms with Gasteiger partial charge in [-0.2, -0.15) is 0 Å². The topological polar surface area (TPSA) is 12.9 Å². The fraction of sp³-hybridized carbons (Fsp3) is 0.0952. The van der Waals surface area contributed by atoms with Crippen molar-refractivity contribution in [1.82, 2.24) is 4.98 Å². The highest BCUT2D eigenvalue weighted by atomic mass is 35.5. The summed E-state index contributed by atoms with van der Waals surface area (Å²) in [7, 11) is 0. The highest BCUT2D eigenvalue weighted by Gasteiger charge is 2.15. The average Bonchev–Trinajstić information content (AvgIpc) is 2.64. The van der Waals surface area contributed by atoms with E-state index in [1.807, 2.05) is 18.2 Å². The first-order valence-corrected chi connectivity index (χ1v) is 7.91. The summed E-state index contributed by atoms with van der Waals surface area (Å²) in [6.45, 7) is 0. The zero-order valence-corrected chi connectivity index (χ0v) is 14.2. The summed E-state index contributed by atoms with van der Waals surface area (Å²) in [5, 5.41) is 0. The van der Waals surface area contributed by atoms with E-state index in [1.54, 1.807) is 18.5 Å². The number of aryl methyl sites for hydroxylation is 1. The normalized spacial score (nSPS) is 12.8. The molecule has 25 heavy (non-hydrogen) atoms. The van der Waals surface area contributed by atoms with Gasteiger partial charge in [-0.3, -0.25) is 4.98 Å². The van der Waals surface area contributed by atoms with Crippen molar-refractivity contribution in [3.8, 4) is 11.1 Å². The van der Waals surface area contributed by atoms with Crippen LogP contribution >= 0.6 is 12.4 Å². The molecule has 0 spiro atoms. The van der Waals surface area contributed by atoms with Crippen LogP contribution in [0.2, 0.25) is 0 Å². The molecule has 0 aliphatic heterocycles. The quantitative estimate of drug-likeness (QED) is 0.564. The lowest BCUT2D eigenvalue weighted by Gasteiger charge is -2.19. The Hall–Kier alpha value is -2.52. The van der Waals surface area contributed by atoms with Crippen LogP contribution in [0.3, 0.4) is 0 Å². The Labute approximate surface area is 151 Å². The number of rotatable bonds is 2. The molecule has 2 aromatic carbocycles. The first-order chi connectivity index (χ1) is 11.7. The van der Waals surface area contributed by atoms with Crippen LogP contribution < -0.4 is 0 Å². The SMILES string of the molecule is Cl.Fc1ccc(-c2ccc3c(c2)CCC=C3c2ccncc2)cc1F. The zero-order chi connectivity index (χ0) is 16.5. The third kappa shape index (κ3) is 3.33. The van der Waals surface area contributed by atoms with Gasteiger partial charge >= 0.3 is 0 Å². The Balaban J connectivity index is 0.00000182. The lowest BCUT2D eigenvalue weighted by molar-refractivity contribution is 0.509. The molecular weight excluding hydrogens is 340 g/mol. The molecule has 0 radical (unpaired) electrons. The minimum absolute atomic E-state index is 0. The van der Waals surface area contributed by atoms with Crippen LogP contribution in [-0.4, -0.2) is 4.98 Å². The molecule has 0 amide bonds. The number of allylic oxidation sites excluding steroid dienone is 1. The number of hydrogen-bond donors (Lipinski definition) is 0. The van der Waals surface area contributed by atoms with Crippen molar-refractivity contribution >= 4 is 18.0 Å². The molecule has 3 aromatic rings. The second-order valence-corrected chi connectivity index (χ2v) is 5.89. The van der Waals surface area contributed by atoms with Gasteiger partial charge in [0.15, 0.2) is 11.6 Å². The summed E-state index contributed by atoms with van der Waals surface area (Å²) in [6.07, 6.45) is 7.74. The smallest absolute Gasteiger partial charge is 0.159 e. The molecule has 126 valence electrons. The maximum absolute atomic E-state index is 13.5. The van der Waals surface area contributed by atoms with Crippen LogP contribution in [0.5, 0.6) is 0 Å². The summed E-state index contributed by atoms with van der Waals surface area (Å²) in [5.74, 6) is -1.64. The Morgan fingerprint density at radius 3 is 2.24 bits per heavy atom. The maximum Gasteiger partial charge on any atom is 0.159 e. The number of halogens is 3. The third-order valence-corrected chi connectivity index (χ3v) is 4.40. The Morgan fingerprint density at radius 1 is 0.760 bits per heavy atom. The number of pyridine rings is 1. The van der Waals surface area contributed by atoms with Gasteiger partial charge in [0, 0.05) is 12.4 Å².